The second-order valence-corrected chi connectivity index (χ2v) is 5.74. The van der Waals surface area contributed by atoms with E-state index in [0.717, 1.165) is 30.0 Å². The van der Waals surface area contributed by atoms with E-state index in [2.05, 4.69) is 55.4 Å². The van der Waals surface area contributed by atoms with Crippen LogP contribution in [-0.2, 0) is 6.54 Å². The van der Waals surface area contributed by atoms with Crippen molar-refractivity contribution in [3.05, 3.63) is 41.1 Å². The number of hydrogen-bond donors (Lipinski definition) is 1. The van der Waals surface area contributed by atoms with Crippen LogP contribution in [0.5, 0.6) is 0 Å². The van der Waals surface area contributed by atoms with Crippen molar-refractivity contribution in [3.63, 3.8) is 0 Å². The van der Waals surface area contributed by atoms with E-state index in [1.807, 2.05) is 12.3 Å². The summed E-state index contributed by atoms with van der Waals surface area (Å²) in [4.78, 5) is 0. The number of benzene rings is 1. The van der Waals surface area contributed by atoms with Crippen molar-refractivity contribution in [2.24, 2.45) is 5.92 Å². The van der Waals surface area contributed by atoms with Crippen molar-refractivity contribution in [1.29, 1.82) is 0 Å². The molecule has 1 aromatic heterocycles. The van der Waals surface area contributed by atoms with Crippen LogP contribution in [0.1, 0.15) is 6.42 Å². The molecule has 18 heavy (non-hydrogen) atoms. The topological polar surface area (TPSA) is 29.9 Å². The van der Waals surface area contributed by atoms with Crippen LogP contribution < -0.4 is 5.32 Å². The normalized spacial score (nSPS) is 19.3. The average Bonchev–Trinajstić information content (AvgIpc) is 3.01. The van der Waals surface area contributed by atoms with Crippen LogP contribution in [0.4, 0.5) is 0 Å². The Hall–Kier alpha value is -1.13. The maximum absolute atomic E-state index is 4.46. The van der Waals surface area contributed by atoms with Gasteiger partial charge in [0.2, 0.25) is 0 Å². The van der Waals surface area contributed by atoms with Gasteiger partial charge in [0.15, 0.2) is 0 Å². The van der Waals surface area contributed by atoms with Gasteiger partial charge in [0, 0.05) is 22.8 Å². The van der Waals surface area contributed by atoms with Gasteiger partial charge < -0.3 is 5.32 Å². The predicted molar refractivity (Wildman–Crippen MR) is 76.3 cm³/mol. The van der Waals surface area contributed by atoms with Gasteiger partial charge in [0.1, 0.15) is 0 Å². The molecule has 0 spiro atoms. The van der Waals surface area contributed by atoms with E-state index < -0.39 is 0 Å². The fraction of sp³-hybridized carbons (Fsp3) is 0.357. The number of aromatic nitrogens is 2. The lowest BCUT2D eigenvalue weighted by Crippen LogP contribution is -2.14. The molecular formula is C14H16BrN3. The predicted octanol–water partition coefficient (Wildman–Crippen LogP) is 2.92. The summed E-state index contributed by atoms with van der Waals surface area (Å²) in [5.74, 6) is 0.722. The molecule has 1 aromatic carbocycles. The molecule has 0 aliphatic carbocycles. The maximum atomic E-state index is 4.46. The molecule has 1 aliphatic rings. The minimum absolute atomic E-state index is 0.722. The summed E-state index contributed by atoms with van der Waals surface area (Å²) in [5.41, 5.74) is 2.39. The Morgan fingerprint density at radius 2 is 2.33 bits per heavy atom. The monoisotopic (exact) mass is 305 g/mol. The van der Waals surface area contributed by atoms with E-state index in [1.165, 1.54) is 17.5 Å². The number of halogens is 1. The van der Waals surface area contributed by atoms with E-state index in [1.54, 1.807) is 0 Å². The van der Waals surface area contributed by atoms with E-state index in [4.69, 9.17) is 0 Å². The number of rotatable bonds is 3. The molecule has 0 amide bonds. The number of nitrogens with one attached hydrogen (secondary N) is 1. The summed E-state index contributed by atoms with van der Waals surface area (Å²) < 4.78 is 3.17. The quantitative estimate of drug-likeness (QED) is 0.945. The first kappa shape index (κ1) is 11.9. The molecule has 3 nitrogen and oxygen atoms in total. The Bertz CT molecular complexity index is 529. The Morgan fingerprint density at radius 3 is 3.11 bits per heavy atom. The Morgan fingerprint density at radius 1 is 1.39 bits per heavy atom. The zero-order chi connectivity index (χ0) is 12.4. The first-order valence-electron chi connectivity index (χ1n) is 6.30. The highest BCUT2D eigenvalue weighted by Gasteiger charge is 2.15. The summed E-state index contributed by atoms with van der Waals surface area (Å²) >= 11 is 3.50. The fourth-order valence-electron chi connectivity index (χ4n) is 2.42. The molecule has 1 fully saturated rings. The molecule has 0 bridgehead atoms. The molecule has 1 saturated heterocycles. The van der Waals surface area contributed by atoms with Crippen molar-refractivity contribution in [2.75, 3.05) is 13.1 Å². The fourth-order valence-corrected chi connectivity index (χ4v) is 2.81. The third kappa shape index (κ3) is 2.65. The minimum atomic E-state index is 0.722. The second-order valence-electron chi connectivity index (χ2n) is 4.82. The maximum Gasteiger partial charge on any atom is 0.0568 e. The number of hydrogen-bond acceptors (Lipinski definition) is 2. The molecule has 1 N–H and O–H groups in total. The van der Waals surface area contributed by atoms with Gasteiger partial charge in [-0.15, -0.1) is 0 Å². The molecule has 4 heteroatoms. The van der Waals surface area contributed by atoms with Crippen molar-refractivity contribution in [1.82, 2.24) is 15.1 Å². The van der Waals surface area contributed by atoms with Crippen LogP contribution in [0.15, 0.2) is 41.1 Å². The summed E-state index contributed by atoms with van der Waals surface area (Å²) in [5, 5.41) is 7.85. The lowest BCUT2D eigenvalue weighted by atomic mass is 10.1. The van der Waals surface area contributed by atoms with E-state index in [-0.39, 0.29) is 0 Å². The highest BCUT2D eigenvalue weighted by Crippen LogP contribution is 2.22. The highest BCUT2D eigenvalue weighted by molar-refractivity contribution is 9.10. The van der Waals surface area contributed by atoms with Gasteiger partial charge in [-0.1, -0.05) is 28.1 Å². The average molecular weight is 306 g/mol. The van der Waals surface area contributed by atoms with Gasteiger partial charge in [0.25, 0.3) is 0 Å². The van der Waals surface area contributed by atoms with Crippen LogP contribution >= 0.6 is 15.9 Å². The van der Waals surface area contributed by atoms with Crippen molar-refractivity contribution < 1.29 is 0 Å². The molecule has 94 valence electrons. The van der Waals surface area contributed by atoms with Crippen LogP contribution in [0, 0.1) is 5.92 Å². The zero-order valence-corrected chi connectivity index (χ0v) is 11.7. The molecule has 1 unspecified atom stereocenters. The molecule has 1 aliphatic heterocycles. The van der Waals surface area contributed by atoms with Crippen molar-refractivity contribution >= 4 is 15.9 Å². The van der Waals surface area contributed by atoms with E-state index >= 15 is 0 Å². The molecule has 2 aromatic rings. The molecule has 3 rings (SSSR count). The van der Waals surface area contributed by atoms with Crippen molar-refractivity contribution in [3.8, 4) is 11.1 Å². The molecule has 2 heterocycles. The molecule has 0 radical (unpaired) electrons. The third-order valence-corrected chi connectivity index (χ3v) is 3.89. The van der Waals surface area contributed by atoms with Gasteiger partial charge in [-0.2, -0.15) is 5.10 Å². The summed E-state index contributed by atoms with van der Waals surface area (Å²) in [7, 11) is 0. The van der Waals surface area contributed by atoms with Gasteiger partial charge in [-0.05, 0) is 43.1 Å². The lowest BCUT2D eigenvalue weighted by Gasteiger charge is -2.07. The second kappa shape index (κ2) is 5.24. The van der Waals surface area contributed by atoms with Crippen LogP contribution in [0.3, 0.4) is 0 Å². The Labute approximate surface area is 115 Å². The third-order valence-electron chi connectivity index (χ3n) is 3.40. The SMILES string of the molecule is Brc1cccc(-c2cnn(CC3CCNC3)c2)c1. The molecule has 1 atom stereocenters. The van der Waals surface area contributed by atoms with E-state index in [0.29, 0.717) is 0 Å². The number of nitrogens with zero attached hydrogens (tertiary/aromatic N) is 2. The Balaban J connectivity index is 1.76. The van der Waals surface area contributed by atoms with Crippen LogP contribution in [-0.4, -0.2) is 22.9 Å². The minimum Gasteiger partial charge on any atom is -0.316 e. The van der Waals surface area contributed by atoms with Crippen LogP contribution in [0.25, 0.3) is 11.1 Å². The first-order chi connectivity index (χ1) is 8.81. The molecular weight excluding hydrogens is 290 g/mol. The lowest BCUT2D eigenvalue weighted by molar-refractivity contribution is 0.449. The van der Waals surface area contributed by atoms with Crippen molar-refractivity contribution in [2.45, 2.75) is 13.0 Å². The molecule has 0 saturated carbocycles. The van der Waals surface area contributed by atoms with Gasteiger partial charge in [-0.25, -0.2) is 0 Å². The largest absolute Gasteiger partial charge is 0.316 e. The Kier molecular flexibility index (Phi) is 3.48. The van der Waals surface area contributed by atoms with E-state index in [9.17, 15) is 0 Å². The van der Waals surface area contributed by atoms with Gasteiger partial charge in [0.05, 0.1) is 6.20 Å². The first-order valence-corrected chi connectivity index (χ1v) is 7.10. The van der Waals surface area contributed by atoms with Gasteiger partial charge >= 0.3 is 0 Å². The zero-order valence-electron chi connectivity index (χ0n) is 10.1. The summed E-state index contributed by atoms with van der Waals surface area (Å²) in [6, 6.07) is 8.33. The standard InChI is InChI=1S/C14H16BrN3/c15-14-3-1-2-12(6-14)13-8-17-18(10-13)9-11-4-5-16-7-11/h1-3,6,8,10-11,16H,4-5,7,9H2. The highest BCUT2D eigenvalue weighted by atomic mass is 79.9. The smallest absolute Gasteiger partial charge is 0.0568 e. The van der Waals surface area contributed by atoms with Gasteiger partial charge in [-0.3, -0.25) is 4.68 Å². The summed E-state index contributed by atoms with van der Waals surface area (Å²) in [6.45, 7) is 3.28. The van der Waals surface area contributed by atoms with Crippen LogP contribution in [0.2, 0.25) is 0 Å². The summed E-state index contributed by atoms with van der Waals surface area (Å²) in [6.07, 6.45) is 5.34.